The van der Waals surface area contributed by atoms with Gasteiger partial charge in [0.15, 0.2) is 0 Å². The monoisotopic (exact) mass is 390 g/mol. The van der Waals surface area contributed by atoms with Crippen molar-refractivity contribution in [2.75, 3.05) is 18.2 Å². The zero-order chi connectivity index (χ0) is 20.3. The second kappa shape index (κ2) is 10.9. The van der Waals surface area contributed by atoms with Crippen molar-refractivity contribution in [1.82, 2.24) is 5.32 Å². The van der Waals surface area contributed by atoms with Gasteiger partial charge in [0.05, 0.1) is 12.3 Å². The Morgan fingerprint density at radius 3 is 2.21 bits per heavy atom. The number of nitrogens with one attached hydrogen (secondary N) is 1. The van der Waals surface area contributed by atoms with Gasteiger partial charge in [0.25, 0.3) is 5.91 Å². The maximum Gasteiger partial charge on any atom is 0.251 e. The molecule has 0 spiro atoms. The first kappa shape index (κ1) is 20.4. The maximum absolute atomic E-state index is 12.1. The molecule has 0 heterocycles. The second-order valence-electron chi connectivity index (χ2n) is 6.71. The standard InChI is InChI=1S/C24H26N2O3/c27-23-15-13-22(14-16-23)26(29-19-20-9-3-1-4-10-20)18-8-7-17-25-24(28)21-11-5-2-6-12-21/h1-6,9-16,27H,7-8,17-19H2,(H,25,28). The first-order chi connectivity index (χ1) is 14.2. The Balaban J connectivity index is 1.48. The van der Waals surface area contributed by atoms with Gasteiger partial charge in [-0.3, -0.25) is 14.7 Å². The van der Waals surface area contributed by atoms with E-state index in [4.69, 9.17) is 4.84 Å². The number of anilines is 1. The van der Waals surface area contributed by atoms with E-state index in [2.05, 4.69) is 5.32 Å². The summed E-state index contributed by atoms with van der Waals surface area (Å²) in [5, 5.41) is 14.3. The van der Waals surface area contributed by atoms with Gasteiger partial charge in [-0.25, -0.2) is 0 Å². The quantitative estimate of drug-likeness (QED) is 0.394. The molecular weight excluding hydrogens is 364 g/mol. The minimum atomic E-state index is -0.0543. The smallest absolute Gasteiger partial charge is 0.251 e. The SMILES string of the molecule is O=C(NCCCCN(OCc1ccccc1)c1ccc(O)cc1)c1ccccc1. The lowest BCUT2D eigenvalue weighted by Gasteiger charge is -2.24. The van der Waals surface area contributed by atoms with Gasteiger partial charge in [-0.15, -0.1) is 0 Å². The van der Waals surface area contributed by atoms with E-state index >= 15 is 0 Å². The molecule has 0 aliphatic heterocycles. The fraction of sp³-hybridized carbons (Fsp3) is 0.208. The minimum Gasteiger partial charge on any atom is -0.508 e. The highest BCUT2D eigenvalue weighted by atomic mass is 16.7. The Bertz CT molecular complexity index is 868. The lowest BCUT2D eigenvalue weighted by atomic mass is 10.2. The Morgan fingerprint density at radius 1 is 0.862 bits per heavy atom. The average Bonchev–Trinajstić information content (AvgIpc) is 2.77. The van der Waals surface area contributed by atoms with Crippen LogP contribution in [0.25, 0.3) is 0 Å². The van der Waals surface area contributed by atoms with Crippen LogP contribution in [0.15, 0.2) is 84.9 Å². The number of benzene rings is 3. The molecule has 29 heavy (non-hydrogen) atoms. The number of hydrogen-bond acceptors (Lipinski definition) is 4. The number of hydroxylamine groups is 1. The van der Waals surface area contributed by atoms with Gasteiger partial charge in [0, 0.05) is 18.7 Å². The number of carbonyl (C=O) groups is 1. The van der Waals surface area contributed by atoms with Gasteiger partial charge >= 0.3 is 0 Å². The molecule has 0 saturated carbocycles. The van der Waals surface area contributed by atoms with Crippen LogP contribution in [0.1, 0.15) is 28.8 Å². The molecule has 3 aromatic carbocycles. The molecule has 1 amide bonds. The zero-order valence-electron chi connectivity index (χ0n) is 16.3. The third-order valence-corrected chi connectivity index (χ3v) is 4.48. The minimum absolute atomic E-state index is 0.0543. The van der Waals surface area contributed by atoms with E-state index in [9.17, 15) is 9.90 Å². The molecular formula is C24H26N2O3. The number of phenols is 1. The zero-order valence-corrected chi connectivity index (χ0v) is 16.3. The highest BCUT2D eigenvalue weighted by molar-refractivity contribution is 5.94. The van der Waals surface area contributed by atoms with Crippen molar-refractivity contribution in [2.24, 2.45) is 0 Å². The third kappa shape index (κ3) is 6.66. The summed E-state index contributed by atoms with van der Waals surface area (Å²) in [6, 6.07) is 26.2. The molecule has 0 aliphatic rings. The number of rotatable bonds is 10. The predicted octanol–water partition coefficient (Wildman–Crippen LogP) is 4.54. The molecule has 0 aliphatic carbocycles. The number of hydrogen-bond donors (Lipinski definition) is 2. The molecule has 0 unspecified atom stereocenters. The Kier molecular flexibility index (Phi) is 7.66. The van der Waals surface area contributed by atoms with Crippen LogP contribution in [0.3, 0.4) is 0 Å². The molecule has 0 fully saturated rings. The van der Waals surface area contributed by atoms with E-state index < -0.39 is 0 Å². The van der Waals surface area contributed by atoms with Crippen LogP contribution in [-0.2, 0) is 11.4 Å². The summed E-state index contributed by atoms with van der Waals surface area (Å²) in [6.45, 7) is 1.75. The first-order valence-corrected chi connectivity index (χ1v) is 9.79. The van der Waals surface area contributed by atoms with Crippen molar-refractivity contribution in [3.63, 3.8) is 0 Å². The molecule has 3 aromatic rings. The van der Waals surface area contributed by atoms with Crippen molar-refractivity contribution in [3.05, 3.63) is 96.1 Å². The molecule has 2 N–H and O–H groups in total. The van der Waals surface area contributed by atoms with Gasteiger partial charge < -0.3 is 10.4 Å². The third-order valence-electron chi connectivity index (χ3n) is 4.48. The van der Waals surface area contributed by atoms with Crippen molar-refractivity contribution in [3.8, 4) is 5.75 Å². The topological polar surface area (TPSA) is 61.8 Å². The van der Waals surface area contributed by atoms with E-state index in [1.165, 1.54) is 0 Å². The van der Waals surface area contributed by atoms with Crippen molar-refractivity contribution in [1.29, 1.82) is 0 Å². The molecule has 5 nitrogen and oxygen atoms in total. The number of carbonyl (C=O) groups excluding carboxylic acids is 1. The van der Waals surface area contributed by atoms with E-state index in [1.807, 2.05) is 65.7 Å². The van der Waals surface area contributed by atoms with Crippen molar-refractivity contribution < 1.29 is 14.7 Å². The van der Waals surface area contributed by atoms with Crippen LogP contribution < -0.4 is 10.4 Å². The van der Waals surface area contributed by atoms with Gasteiger partial charge in [0.1, 0.15) is 5.75 Å². The van der Waals surface area contributed by atoms with Gasteiger partial charge in [-0.05, 0) is 54.8 Å². The molecule has 3 rings (SSSR count). The molecule has 0 aromatic heterocycles. The average molecular weight is 390 g/mol. The number of amides is 1. The molecule has 0 bridgehead atoms. The Morgan fingerprint density at radius 2 is 1.52 bits per heavy atom. The summed E-state index contributed by atoms with van der Waals surface area (Å²) in [5.74, 6) is 0.168. The Hall–Kier alpha value is -3.31. The van der Waals surface area contributed by atoms with Crippen molar-refractivity contribution in [2.45, 2.75) is 19.4 Å². The van der Waals surface area contributed by atoms with Gasteiger partial charge in [0.2, 0.25) is 0 Å². The van der Waals surface area contributed by atoms with Crippen LogP contribution in [0, 0.1) is 0 Å². The lowest BCUT2D eigenvalue weighted by molar-refractivity contribution is 0.0925. The van der Waals surface area contributed by atoms with E-state index in [-0.39, 0.29) is 11.7 Å². The van der Waals surface area contributed by atoms with Crippen LogP contribution in [-0.4, -0.2) is 24.1 Å². The summed E-state index contributed by atoms with van der Waals surface area (Å²) in [5.41, 5.74) is 2.64. The second-order valence-corrected chi connectivity index (χ2v) is 6.71. The fourth-order valence-corrected chi connectivity index (χ4v) is 2.89. The predicted molar refractivity (Wildman–Crippen MR) is 115 cm³/mol. The summed E-state index contributed by atoms with van der Waals surface area (Å²) in [4.78, 5) is 18.1. The van der Waals surface area contributed by atoms with E-state index in [0.717, 1.165) is 24.1 Å². The Labute approximate surface area is 171 Å². The summed E-state index contributed by atoms with van der Waals surface area (Å²) in [6.07, 6.45) is 1.69. The first-order valence-electron chi connectivity index (χ1n) is 9.79. The molecule has 0 saturated heterocycles. The highest BCUT2D eigenvalue weighted by Gasteiger charge is 2.09. The number of unbranched alkanes of at least 4 members (excludes halogenated alkanes) is 1. The lowest BCUT2D eigenvalue weighted by Crippen LogP contribution is -2.27. The van der Waals surface area contributed by atoms with Crippen LogP contribution in [0.5, 0.6) is 5.75 Å². The van der Waals surface area contributed by atoms with Gasteiger partial charge in [-0.2, -0.15) is 0 Å². The van der Waals surface area contributed by atoms with Crippen LogP contribution in [0.4, 0.5) is 5.69 Å². The number of phenolic OH excluding ortho intramolecular Hbond substituents is 1. The van der Waals surface area contributed by atoms with Crippen LogP contribution >= 0.6 is 0 Å². The maximum atomic E-state index is 12.1. The highest BCUT2D eigenvalue weighted by Crippen LogP contribution is 2.20. The molecule has 150 valence electrons. The summed E-state index contributed by atoms with van der Waals surface area (Å²) in [7, 11) is 0. The summed E-state index contributed by atoms with van der Waals surface area (Å²) < 4.78 is 0. The molecule has 0 radical (unpaired) electrons. The fourth-order valence-electron chi connectivity index (χ4n) is 2.89. The van der Waals surface area contributed by atoms with Gasteiger partial charge in [-0.1, -0.05) is 48.5 Å². The largest absolute Gasteiger partial charge is 0.508 e. The number of aromatic hydroxyl groups is 1. The van der Waals surface area contributed by atoms with E-state index in [1.54, 1.807) is 24.3 Å². The number of nitrogens with zero attached hydrogens (tertiary/aromatic N) is 1. The normalized spacial score (nSPS) is 10.5. The molecule has 5 heteroatoms. The van der Waals surface area contributed by atoms with Crippen LogP contribution in [0.2, 0.25) is 0 Å². The van der Waals surface area contributed by atoms with E-state index in [0.29, 0.717) is 25.3 Å². The summed E-state index contributed by atoms with van der Waals surface area (Å²) >= 11 is 0. The molecule has 0 atom stereocenters. The van der Waals surface area contributed by atoms with Crippen molar-refractivity contribution >= 4 is 11.6 Å².